The number of nitrogens with zero attached hydrogens (tertiary/aromatic N) is 3. The normalized spacial score (nSPS) is 11.5. The van der Waals surface area contributed by atoms with Crippen molar-refractivity contribution in [3.8, 4) is 39.7 Å². The van der Waals surface area contributed by atoms with E-state index in [9.17, 15) is 5.26 Å². The first kappa shape index (κ1) is 26.1. The van der Waals surface area contributed by atoms with Gasteiger partial charge in [0, 0.05) is 32.9 Å². The largest absolute Gasteiger partial charge is 0.309 e. The summed E-state index contributed by atoms with van der Waals surface area (Å²) in [5.41, 5.74) is 12.4. The SMILES string of the molecule is N#Cc1ccc(-c2ccc(-n3c4ccccc4c4cc(-c5cccc6c5c5ccccc5n6-c5ccccc5)ccc43)cc2)cc1. The van der Waals surface area contributed by atoms with Crippen LogP contribution in [0.1, 0.15) is 5.56 Å². The van der Waals surface area contributed by atoms with Crippen molar-refractivity contribution < 1.29 is 0 Å². The van der Waals surface area contributed by atoms with Crippen LogP contribution in [0.25, 0.3) is 77.2 Å². The first-order valence-corrected chi connectivity index (χ1v) is 15.5. The third-order valence-electron chi connectivity index (χ3n) is 9.17. The van der Waals surface area contributed by atoms with Crippen LogP contribution >= 0.6 is 0 Å². The predicted octanol–water partition coefficient (Wildman–Crippen LogP) is 11.1. The van der Waals surface area contributed by atoms with Crippen LogP contribution in [-0.2, 0) is 0 Å². The van der Waals surface area contributed by atoms with Gasteiger partial charge in [-0.1, -0.05) is 97.1 Å². The molecule has 0 spiro atoms. The van der Waals surface area contributed by atoms with Crippen LogP contribution in [-0.4, -0.2) is 9.13 Å². The minimum absolute atomic E-state index is 0.670. The molecule has 214 valence electrons. The molecule has 3 heteroatoms. The average Bonchev–Trinajstić information content (AvgIpc) is 3.65. The predicted molar refractivity (Wildman–Crippen MR) is 191 cm³/mol. The highest BCUT2D eigenvalue weighted by atomic mass is 15.0. The van der Waals surface area contributed by atoms with E-state index in [0.717, 1.165) is 22.5 Å². The van der Waals surface area contributed by atoms with Crippen molar-refractivity contribution in [3.05, 3.63) is 169 Å². The molecule has 0 unspecified atom stereocenters. The third-order valence-corrected chi connectivity index (χ3v) is 9.17. The number of fused-ring (bicyclic) bond motifs is 6. The Morgan fingerprint density at radius 1 is 0.391 bits per heavy atom. The number of nitriles is 1. The quantitative estimate of drug-likeness (QED) is 0.202. The lowest BCUT2D eigenvalue weighted by Gasteiger charge is -2.11. The molecule has 0 amide bonds. The van der Waals surface area contributed by atoms with E-state index in [-0.39, 0.29) is 0 Å². The van der Waals surface area contributed by atoms with Crippen LogP contribution in [0.3, 0.4) is 0 Å². The van der Waals surface area contributed by atoms with Gasteiger partial charge < -0.3 is 9.13 Å². The number of aromatic nitrogens is 2. The molecule has 0 aliphatic carbocycles. The highest BCUT2D eigenvalue weighted by molar-refractivity contribution is 6.17. The minimum atomic E-state index is 0.670. The van der Waals surface area contributed by atoms with Gasteiger partial charge in [-0.2, -0.15) is 5.26 Å². The van der Waals surface area contributed by atoms with Crippen molar-refractivity contribution in [1.82, 2.24) is 9.13 Å². The van der Waals surface area contributed by atoms with E-state index >= 15 is 0 Å². The first-order chi connectivity index (χ1) is 22.8. The van der Waals surface area contributed by atoms with Crippen LogP contribution in [0.2, 0.25) is 0 Å². The minimum Gasteiger partial charge on any atom is -0.309 e. The summed E-state index contributed by atoms with van der Waals surface area (Å²) in [5.74, 6) is 0. The van der Waals surface area contributed by atoms with Crippen molar-refractivity contribution in [2.24, 2.45) is 0 Å². The molecule has 3 nitrogen and oxygen atoms in total. The summed E-state index contributed by atoms with van der Waals surface area (Å²) in [5, 5.41) is 14.2. The van der Waals surface area contributed by atoms with Crippen molar-refractivity contribution in [1.29, 1.82) is 5.26 Å². The Morgan fingerprint density at radius 3 is 1.67 bits per heavy atom. The Morgan fingerprint density at radius 2 is 0.935 bits per heavy atom. The van der Waals surface area contributed by atoms with Crippen LogP contribution in [0, 0.1) is 11.3 Å². The van der Waals surface area contributed by atoms with E-state index in [2.05, 4.69) is 155 Å². The second-order valence-corrected chi connectivity index (χ2v) is 11.7. The molecule has 0 saturated carbocycles. The van der Waals surface area contributed by atoms with Crippen molar-refractivity contribution in [2.75, 3.05) is 0 Å². The lowest BCUT2D eigenvalue weighted by Crippen LogP contribution is -1.94. The van der Waals surface area contributed by atoms with E-state index in [4.69, 9.17) is 0 Å². The van der Waals surface area contributed by atoms with E-state index in [1.807, 2.05) is 24.3 Å². The van der Waals surface area contributed by atoms with Crippen molar-refractivity contribution >= 4 is 43.6 Å². The average molecular weight is 586 g/mol. The second-order valence-electron chi connectivity index (χ2n) is 11.7. The monoisotopic (exact) mass is 585 g/mol. The Balaban J connectivity index is 1.22. The Hall–Kier alpha value is -6.37. The van der Waals surface area contributed by atoms with E-state index in [1.165, 1.54) is 54.7 Å². The van der Waals surface area contributed by atoms with Crippen LogP contribution in [0.4, 0.5) is 0 Å². The Kier molecular flexibility index (Phi) is 5.88. The summed E-state index contributed by atoms with van der Waals surface area (Å²) in [6.07, 6.45) is 0. The van der Waals surface area contributed by atoms with Gasteiger partial charge in [0.1, 0.15) is 0 Å². The molecule has 0 fully saturated rings. The number of hydrogen-bond acceptors (Lipinski definition) is 1. The highest BCUT2D eigenvalue weighted by Crippen LogP contribution is 2.41. The van der Waals surface area contributed by atoms with Gasteiger partial charge in [-0.05, 0) is 89.0 Å². The van der Waals surface area contributed by atoms with Gasteiger partial charge in [0.2, 0.25) is 0 Å². The maximum absolute atomic E-state index is 9.18. The smallest absolute Gasteiger partial charge is 0.0991 e. The summed E-state index contributed by atoms with van der Waals surface area (Å²) < 4.78 is 4.74. The fraction of sp³-hybridized carbons (Fsp3) is 0. The zero-order chi connectivity index (χ0) is 30.6. The van der Waals surface area contributed by atoms with Gasteiger partial charge >= 0.3 is 0 Å². The Labute approximate surface area is 266 Å². The molecule has 0 bridgehead atoms. The van der Waals surface area contributed by atoms with Gasteiger partial charge in [0.25, 0.3) is 0 Å². The summed E-state index contributed by atoms with van der Waals surface area (Å²) in [6.45, 7) is 0. The van der Waals surface area contributed by atoms with Gasteiger partial charge in [0.05, 0.1) is 33.7 Å². The standard InChI is InChI=1S/C43H27N3/c44-28-29-17-19-30(20-18-29)31-21-24-34(25-22-31)45-39-14-6-4-11-36(39)38-27-32(23-26-41(38)45)35-13-8-16-42-43(35)37-12-5-7-15-40(37)46(42)33-9-2-1-3-10-33/h1-27H. The molecule has 46 heavy (non-hydrogen) atoms. The molecule has 0 atom stereocenters. The van der Waals surface area contributed by atoms with Gasteiger partial charge in [-0.25, -0.2) is 0 Å². The molecule has 9 aromatic rings. The summed E-state index contributed by atoms with van der Waals surface area (Å²) >= 11 is 0. The zero-order valence-corrected chi connectivity index (χ0v) is 24.9. The molecule has 0 radical (unpaired) electrons. The number of rotatable bonds is 4. The van der Waals surface area contributed by atoms with Crippen molar-refractivity contribution in [2.45, 2.75) is 0 Å². The molecule has 2 heterocycles. The number of para-hydroxylation sites is 3. The van der Waals surface area contributed by atoms with Gasteiger partial charge in [0.15, 0.2) is 0 Å². The summed E-state index contributed by atoms with van der Waals surface area (Å²) in [4.78, 5) is 0. The lowest BCUT2D eigenvalue weighted by molar-refractivity contribution is 1.18. The molecular formula is C43H27N3. The van der Waals surface area contributed by atoms with Crippen LogP contribution in [0.15, 0.2) is 164 Å². The number of hydrogen-bond donors (Lipinski definition) is 0. The first-order valence-electron chi connectivity index (χ1n) is 15.5. The molecule has 0 aliphatic rings. The lowest BCUT2D eigenvalue weighted by atomic mass is 9.98. The van der Waals surface area contributed by atoms with Gasteiger partial charge in [-0.15, -0.1) is 0 Å². The summed E-state index contributed by atoms with van der Waals surface area (Å²) in [7, 11) is 0. The van der Waals surface area contributed by atoms with E-state index in [0.29, 0.717) is 5.56 Å². The molecule has 0 aliphatic heterocycles. The fourth-order valence-corrected chi connectivity index (χ4v) is 7.07. The molecular weight excluding hydrogens is 558 g/mol. The van der Waals surface area contributed by atoms with Crippen LogP contribution in [0.5, 0.6) is 0 Å². The second kappa shape index (κ2) is 10.4. The fourth-order valence-electron chi connectivity index (χ4n) is 7.07. The van der Waals surface area contributed by atoms with E-state index in [1.54, 1.807) is 0 Å². The van der Waals surface area contributed by atoms with Crippen LogP contribution < -0.4 is 0 Å². The zero-order valence-electron chi connectivity index (χ0n) is 24.9. The summed E-state index contributed by atoms with van der Waals surface area (Å²) in [6, 6.07) is 60.2. The molecule has 0 N–H and O–H groups in total. The topological polar surface area (TPSA) is 33.6 Å². The maximum atomic E-state index is 9.18. The molecule has 7 aromatic carbocycles. The maximum Gasteiger partial charge on any atom is 0.0991 e. The Bertz CT molecular complexity index is 2610. The third kappa shape index (κ3) is 3.98. The molecule has 0 saturated heterocycles. The van der Waals surface area contributed by atoms with E-state index < -0.39 is 0 Å². The number of benzene rings is 7. The highest BCUT2D eigenvalue weighted by Gasteiger charge is 2.18. The molecule has 9 rings (SSSR count). The van der Waals surface area contributed by atoms with Gasteiger partial charge in [-0.3, -0.25) is 0 Å². The molecule has 2 aromatic heterocycles. The van der Waals surface area contributed by atoms with Crippen molar-refractivity contribution in [3.63, 3.8) is 0 Å².